The average Bonchev–Trinajstić information content (AvgIpc) is 3.91. The molecule has 3 aromatic heterocycles. The third-order valence-electron chi connectivity index (χ3n) is 14.2. The number of ether oxygens (including phenoxy) is 2. The number of carbonyl (C=O) groups excluding carboxylic acids is 3. The van der Waals surface area contributed by atoms with E-state index in [4.69, 9.17) is 19.4 Å². The number of aldehydes is 1. The number of esters is 2. The van der Waals surface area contributed by atoms with Crippen LogP contribution in [-0.2, 0) is 42.7 Å². The molecule has 6 heterocycles. The summed E-state index contributed by atoms with van der Waals surface area (Å²) in [5.41, 5.74) is 16.0. The average molecular weight is 805 g/mol. The largest absolute Gasteiger partial charge is 0.469 e. The highest BCUT2D eigenvalue weighted by atomic mass is 16.5. The van der Waals surface area contributed by atoms with Gasteiger partial charge in [-0.2, -0.15) is 5.26 Å². The van der Waals surface area contributed by atoms with E-state index >= 15 is 0 Å². The molecule has 3 aliphatic heterocycles. The van der Waals surface area contributed by atoms with Crippen LogP contribution in [-0.4, -0.2) is 65.5 Å². The normalized spacial score (nSPS) is 20.1. The predicted octanol–water partition coefficient (Wildman–Crippen LogP) is 9.00. The van der Waals surface area contributed by atoms with Gasteiger partial charge in [0.2, 0.25) is 0 Å². The van der Waals surface area contributed by atoms with E-state index in [1.807, 2.05) is 19.1 Å². The fourth-order valence-electron chi connectivity index (χ4n) is 10.9. The Morgan fingerprint density at radius 2 is 1.52 bits per heavy atom. The Balaban J connectivity index is 1.60. The molecule has 0 amide bonds. The van der Waals surface area contributed by atoms with E-state index in [1.54, 1.807) is 0 Å². The molecule has 8 rings (SSSR count). The minimum atomic E-state index is -0.812. The molecular formula is C49H52N6O5. The molecule has 0 unspecified atom stereocenters. The molecule has 308 valence electrons. The molecule has 60 heavy (non-hydrogen) atoms. The summed E-state index contributed by atoms with van der Waals surface area (Å²) in [6, 6.07) is 12.7. The highest BCUT2D eigenvalue weighted by Gasteiger charge is 2.66. The standard InChI is InChI=1S/C49H52N6O5/c1-11-31-28(6)45-34-18-29(23-50)47-49(12-2)46(34)54-42(48(49,7)35-19-30(24-56)25(3)17-41(35)55(47)8)22-37-27(5)33(14-16-44(58)60-10)40(52-37)21-39-32(13-15-43(57)59-9)26(4)36(51-39)20-38(31)53-45/h17-22,24,47,51-52H,11-16H2,1-10H3/t47-,48+,49+/m1/s1. The van der Waals surface area contributed by atoms with Gasteiger partial charge in [-0.15, -0.1) is 0 Å². The van der Waals surface area contributed by atoms with Crippen molar-refractivity contribution in [1.82, 2.24) is 19.9 Å². The van der Waals surface area contributed by atoms with Crippen molar-refractivity contribution in [2.45, 2.75) is 104 Å². The number of nitrogens with zero attached hydrogens (tertiary/aromatic N) is 4. The van der Waals surface area contributed by atoms with Crippen LogP contribution in [0.3, 0.4) is 0 Å². The molecule has 11 heteroatoms. The predicted molar refractivity (Wildman–Crippen MR) is 235 cm³/mol. The lowest BCUT2D eigenvalue weighted by Gasteiger charge is -2.58. The van der Waals surface area contributed by atoms with E-state index in [9.17, 15) is 19.6 Å². The first-order valence-electron chi connectivity index (χ1n) is 20.8. The molecule has 1 aliphatic carbocycles. The maximum atomic E-state index is 12.6. The number of aromatic amines is 2. The Morgan fingerprint density at radius 3 is 2.07 bits per heavy atom. The number of hydrogen-bond acceptors (Lipinski definition) is 9. The molecular weight excluding hydrogens is 753 g/mol. The smallest absolute Gasteiger partial charge is 0.305 e. The van der Waals surface area contributed by atoms with Crippen molar-refractivity contribution >= 4 is 63.2 Å². The number of anilines is 1. The number of allylic oxidation sites excluding steroid dienone is 2. The van der Waals surface area contributed by atoms with E-state index in [-0.39, 0.29) is 30.8 Å². The highest BCUT2D eigenvalue weighted by molar-refractivity contribution is 5.96. The summed E-state index contributed by atoms with van der Waals surface area (Å²) in [6.07, 6.45) is 5.57. The number of carbonyl (C=O) groups is 3. The Kier molecular flexibility index (Phi) is 9.97. The quantitative estimate of drug-likeness (QED) is 0.125. The lowest BCUT2D eigenvalue weighted by atomic mass is 9.49. The summed E-state index contributed by atoms with van der Waals surface area (Å²) in [4.78, 5) is 58.5. The van der Waals surface area contributed by atoms with Crippen LogP contribution in [0.1, 0.15) is 125 Å². The van der Waals surface area contributed by atoms with E-state index in [0.717, 1.165) is 113 Å². The number of methoxy groups -OCH3 is 2. The summed E-state index contributed by atoms with van der Waals surface area (Å²) >= 11 is 0. The lowest BCUT2D eigenvalue weighted by molar-refractivity contribution is -0.141. The molecule has 3 atom stereocenters. The summed E-state index contributed by atoms with van der Waals surface area (Å²) in [5, 5.41) is 11.1. The molecule has 11 nitrogen and oxygen atoms in total. The van der Waals surface area contributed by atoms with Gasteiger partial charge in [0, 0.05) is 58.8 Å². The summed E-state index contributed by atoms with van der Waals surface area (Å²) < 4.78 is 10.1. The van der Waals surface area contributed by atoms with Crippen LogP contribution in [0.15, 0.2) is 35.9 Å². The van der Waals surface area contributed by atoms with Crippen LogP contribution in [0.25, 0.3) is 39.3 Å². The topological polar surface area (TPSA) is 154 Å². The Labute approximate surface area is 350 Å². The van der Waals surface area contributed by atoms with Gasteiger partial charge >= 0.3 is 11.9 Å². The third kappa shape index (κ3) is 5.63. The number of nitrogens with one attached hydrogen (secondary N) is 2. The summed E-state index contributed by atoms with van der Waals surface area (Å²) in [7, 11) is 4.85. The van der Waals surface area contributed by atoms with Crippen LogP contribution in [0.4, 0.5) is 5.69 Å². The zero-order chi connectivity index (χ0) is 43.0. The zero-order valence-corrected chi connectivity index (χ0v) is 36.2. The molecule has 8 bridgehead atoms. The number of rotatable bonds is 9. The molecule has 4 aliphatic rings. The van der Waals surface area contributed by atoms with Gasteiger partial charge in [-0.25, -0.2) is 4.98 Å². The van der Waals surface area contributed by atoms with Crippen molar-refractivity contribution in [2.75, 3.05) is 26.2 Å². The van der Waals surface area contributed by atoms with E-state index in [1.165, 1.54) is 14.2 Å². The van der Waals surface area contributed by atoms with E-state index in [2.05, 4.69) is 93.8 Å². The van der Waals surface area contributed by atoms with Crippen molar-refractivity contribution in [2.24, 2.45) is 0 Å². The van der Waals surface area contributed by atoms with Gasteiger partial charge in [0.25, 0.3) is 0 Å². The molecule has 0 radical (unpaired) electrons. The zero-order valence-electron chi connectivity index (χ0n) is 36.2. The van der Waals surface area contributed by atoms with E-state index < -0.39 is 10.8 Å². The van der Waals surface area contributed by atoms with Crippen LogP contribution >= 0.6 is 0 Å². The monoisotopic (exact) mass is 804 g/mol. The number of nitriles is 1. The van der Waals surface area contributed by atoms with Gasteiger partial charge < -0.3 is 24.3 Å². The fourth-order valence-corrected chi connectivity index (χ4v) is 10.9. The van der Waals surface area contributed by atoms with Gasteiger partial charge in [-0.1, -0.05) is 13.8 Å². The van der Waals surface area contributed by atoms with Crippen LogP contribution in [0.5, 0.6) is 0 Å². The summed E-state index contributed by atoms with van der Waals surface area (Å²) in [5.74, 6) is -0.604. The lowest BCUT2D eigenvalue weighted by Crippen LogP contribution is -2.63. The van der Waals surface area contributed by atoms with E-state index in [0.29, 0.717) is 30.4 Å². The van der Waals surface area contributed by atoms with Crippen LogP contribution in [0, 0.1) is 32.1 Å². The van der Waals surface area contributed by atoms with Crippen LogP contribution < -0.4 is 4.90 Å². The molecule has 0 saturated carbocycles. The second-order valence-electron chi connectivity index (χ2n) is 16.8. The molecule has 0 spiro atoms. The first-order valence-corrected chi connectivity index (χ1v) is 20.8. The Morgan fingerprint density at radius 1 is 0.900 bits per heavy atom. The minimum absolute atomic E-state index is 0.184. The van der Waals surface area contributed by atoms with Gasteiger partial charge in [0.1, 0.15) is 6.29 Å². The van der Waals surface area contributed by atoms with Gasteiger partial charge in [-0.05, 0) is 141 Å². The van der Waals surface area contributed by atoms with Gasteiger partial charge in [-0.3, -0.25) is 19.4 Å². The maximum absolute atomic E-state index is 12.6. The molecule has 1 aromatic carbocycles. The second-order valence-corrected chi connectivity index (χ2v) is 16.8. The van der Waals surface area contributed by atoms with Crippen molar-refractivity contribution in [1.29, 1.82) is 5.26 Å². The maximum Gasteiger partial charge on any atom is 0.305 e. The Hall–Kier alpha value is -6.28. The first-order chi connectivity index (χ1) is 28.7. The molecule has 0 fully saturated rings. The number of benzene rings is 1. The van der Waals surface area contributed by atoms with Crippen molar-refractivity contribution < 1.29 is 23.9 Å². The van der Waals surface area contributed by atoms with Crippen molar-refractivity contribution in [3.8, 4) is 6.07 Å². The fraction of sp³-hybridized carbons (Fsp3) is 0.388. The van der Waals surface area contributed by atoms with Gasteiger partial charge in [0.15, 0.2) is 0 Å². The SMILES string of the molecule is CCC1=C(C)c2nc1cc1[nH]c(cc3[nH]c(cc4nc5c2C=C(C#N)[C@H]2N(C)c6cc(C)c(C=O)cc6[C@]4(C)[C@@]52CC)c(C)c3CCC(=O)OC)c(CCC(=O)OC)c1C. The number of H-pyrrole nitrogens is 2. The first kappa shape index (κ1) is 40.5. The number of fused-ring (bicyclic) bond motifs is 11. The number of hydrogen-bond donors (Lipinski definition) is 2. The number of aromatic nitrogens is 4. The van der Waals surface area contributed by atoms with Gasteiger partial charge in [0.05, 0.1) is 65.5 Å². The highest BCUT2D eigenvalue weighted by Crippen LogP contribution is 2.65. The summed E-state index contributed by atoms with van der Waals surface area (Å²) in [6.45, 7) is 14.7. The Bertz CT molecular complexity index is 2830. The van der Waals surface area contributed by atoms with Crippen molar-refractivity contribution in [3.63, 3.8) is 0 Å². The van der Waals surface area contributed by atoms with Crippen LogP contribution in [0.2, 0.25) is 0 Å². The minimum Gasteiger partial charge on any atom is -0.469 e. The number of aryl methyl sites for hydroxylation is 5. The molecule has 2 N–H and O–H groups in total. The number of likely N-dealkylation sites (N-methyl/N-ethyl adjacent to an activating group) is 1. The molecule has 0 saturated heterocycles. The van der Waals surface area contributed by atoms with Crippen molar-refractivity contribution in [3.05, 3.63) is 103 Å². The second kappa shape index (κ2) is 14.8. The third-order valence-corrected chi connectivity index (χ3v) is 14.2. The molecule has 4 aromatic rings.